The Balaban J connectivity index is 1.74. The van der Waals surface area contributed by atoms with Crippen molar-refractivity contribution in [2.45, 2.75) is 12.8 Å². The number of anilines is 2. The molecule has 2 aromatic rings. The number of thiophene rings is 1. The number of carbonyl (C=O) groups is 3. The Labute approximate surface area is 175 Å². The molecule has 3 N–H and O–H groups in total. The minimum Gasteiger partial charge on any atom is -0.481 e. The maximum atomic E-state index is 12.6. The number of carboxylic acids is 1. The third-order valence-corrected chi connectivity index (χ3v) is 5.62. The van der Waals surface area contributed by atoms with Crippen LogP contribution in [-0.2, 0) is 9.59 Å². The second-order valence-electron chi connectivity index (χ2n) is 6.26. The number of hydrogen-bond donors (Lipinski definition) is 3. The van der Waals surface area contributed by atoms with Crippen molar-refractivity contribution in [3.8, 4) is 0 Å². The normalized spacial score (nSPS) is 18.5. The molecule has 0 unspecified atom stereocenters. The Morgan fingerprint density at radius 3 is 2.29 bits per heavy atom. The van der Waals surface area contributed by atoms with Crippen molar-refractivity contribution in [3.63, 3.8) is 0 Å². The van der Waals surface area contributed by atoms with Gasteiger partial charge in [0, 0.05) is 15.7 Å². The highest BCUT2D eigenvalue weighted by molar-refractivity contribution is 7.14. The van der Waals surface area contributed by atoms with Crippen LogP contribution in [-0.4, -0.2) is 22.9 Å². The summed E-state index contributed by atoms with van der Waals surface area (Å²) < 4.78 is 0. The van der Waals surface area contributed by atoms with Gasteiger partial charge in [-0.3, -0.25) is 14.4 Å². The van der Waals surface area contributed by atoms with E-state index in [4.69, 9.17) is 23.2 Å². The van der Waals surface area contributed by atoms with Gasteiger partial charge in [-0.15, -0.1) is 11.3 Å². The number of amides is 2. The minimum absolute atomic E-state index is 0.271. The Morgan fingerprint density at radius 2 is 1.64 bits per heavy atom. The molecule has 1 aliphatic carbocycles. The fourth-order valence-electron chi connectivity index (χ4n) is 2.99. The lowest BCUT2D eigenvalue weighted by molar-refractivity contribution is -0.146. The standard InChI is InChI=1S/C19H16Cl2N2O4S/c20-10-7-11(21)9-12(8-10)22-17(25)15-5-6-28-18(15)23-16(24)13-3-1-2-4-14(13)19(26)27/h1-2,5-9,13-14H,3-4H2,(H,22,25)(H,23,24)(H,26,27)/t13-,14-/m1/s1. The second-order valence-corrected chi connectivity index (χ2v) is 8.05. The van der Waals surface area contributed by atoms with Gasteiger partial charge in [-0.2, -0.15) is 0 Å². The first-order chi connectivity index (χ1) is 13.3. The predicted octanol–water partition coefficient (Wildman–Crippen LogP) is 4.91. The number of rotatable bonds is 5. The summed E-state index contributed by atoms with van der Waals surface area (Å²) in [7, 11) is 0. The Hall–Kier alpha value is -2.35. The van der Waals surface area contributed by atoms with Gasteiger partial charge in [0.25, 0.3) is 5.91 Å². The van der Waals surface area contributed by atoms with E-state index in [0.717, 1.165) is 0 Å². The van der Waals surface area contributed by atoms with Crippen LogP contribution in [0.5, 0.6) is 0 Å². The van der Waals surface area contributed by atoms with Gasteiger partial charge in [0.15, 0.2) is 0 Å². The zero-order chi connectivity index (χ0) is 20.3. The van der Waals surface area contributed by atoms with Gasteiger partial charge in [0.1, 0.15) is 5.00 Å². The van der Waals surface area contributed by atoms with Crippen molar-refractivity contribution in [3.05, 3.63) is 57.4 Å². The van der Waals surface area contributed by atoms with Crippen molar-refractivity contribution in [1.82, 2.24) is 0 Å². The van der Waals surface area contributed by atoms with Crippen molar-refractivity contribution in [2.24, 2.45) is 11.8 Å². The first-order valence-electron chi connectivity index (χ1n) is 8.38. The quantitative estimate of drug-likeness (QED) is 0.577. The monoisotopic (exact) mass is 438 g/mol. The number of nitrogens with one attached hydrogen (secondary N) is 2. The smallest absolute Gasteiger partial charge is 0.307 e. The largest absolute Gasteiger partial charge is 0.481 e. The fraction of sp³-hybridized carbons (Fsp3) is 0.211. The van der Waals surface area contributed by atoms with Crippen LogP contribution < -0.4 is 10.6 Å². The van der Waals surface area contributed by atoms with Crippen LogP contribution in [0.15, 0.2) is 41.8 Å². The van der Waals surface area contributed by atoms with Gasteiger partial charge in [-0.1, -0.05) is 35.4 Å². The van der Waals surface area contributed by atoms with E-state index in [-0.39, 0.29) is 5.56 Å². The van der Waals surface area contributed by atoms with Crippen molar-refractivity contribution in [2.75, 3.05) is 10.6 Å². The first kappa shape index (κ1) is 20.4. The molecule has 0 saturated heterocycles. The van der Waals surface area contributed by atoms with Crippen LogP contribution in [0, 0.1) is 11.8 Å². The van der Waals surface area contributed by atoms with E-state index < -0.39 is 29.6 Å². The molecule has 1 heterocycles. The molecule has 9 heteroatoms. The maximum Gasteiger partial charge on any atom is 0.307 e. The molecule has 0 fully saturated rings. The van der Waals surface area contributed by atoms with E-state index in [1.54, 1.807) is 41.8 Å². The van der Waals surface area contributed by atoms with Crippen LogP contribution in [0.2, 0.25) is 10.0 Å². The number of benzene rings is 1. The summed E-state index contributed by atoms with van der Waals surface area (Å²) in [6, 6.07) is 6.24. The minimum atomic E-state index is -1.01. The van der Waals surface area contributed by atoms with E-state index in [0.29, 0.717) is 33.6 Å². The number of halogens is 2. The van der Waals surface area contributed by atoms with Crippen LogP contribution in [0.1, 0.15) is 23.2 Å². The highest BCUT2D eigenvalue weighted by atomic mass is 35.5. The van der Waals surface area contributed by atoms with Gasteiger partial charge in [0.2, 0.25) is 5.91 Å². The van der Waals surface area contributed by atoms with Crippen molar-refractivity contribution < 1.29 is 19.5 Å². The molecular weight excluding hydrogens is 423 g/mol. The van der Waals surface area contributed by atoms with E-state index in [1.807, 2.05) is 0 Å². The summed E-state index contributed by atoms with van der Waals surface area (Å²) >= 11 is 13.1. The summed E-state index contributed by atoms with van der Waals surface area (Å²) in [6.07, 6.45) is 4.22. The first-order valence-corrected chi connectivity index (χ1v) is 10.0. The molecule has 0 radical (unpaired) electrons. The molecule has 28 heavy (non-hydrogen) atoms. The Kier molecular flexibility index (Phi) is 6.39. The highest BCUT2D eigenvalue weighted by Crippen LogP contribution is 2.30. The Morgan fingerprint density at radius 1 is 1.00 bits per heavy atom. The number of hydrogen-bond acceptors (Lipinski definition) is 4. The highest BCUT2D eigenvalue weighted by Gasteiger charge is 2.34. The number of carboxylic acid groups (broad SMARTS) is 1. The summed E-state index contributed by atoms with van der Waals surface area (Å²) in [5.74, 6) is -3.33. The zero-order valence-electron chi connectivity index (χ0n) is 14.4. The Bertz CT molecular complexity index is 937. The van der Waals surface area contributed by atoms with E-state index in [9.17, 15) is 19.5 Å². The maximum absolute atomic E-state index is 12.6. The molecule has 2 amide bonds. The van der Waals surface area contributed by atoms with Gasteiger partial charge < -0.3 is 15.7 Å². The van der Waals surface area contributed by atoms with E-state index >= 15 is 0 Å². The van der Waals surface area contributed by atoms with Gasteiger partial charge in [-0.25, -0.2) is 0 Å². The summed E-state index contributed by atoms with van der Waals surface area (Å²) in [5.41, 5.74) is 0.696. The van der Waals surface area contributed by atoms with Crippen molar-refractivity contribution in [1.29, 1.82) is 0 Å². The van der Waals surface area contributed by atoms with Crippen LogP contribution in [0.3, 0.4) is 0 Å². The third-order valence-electron chi connectivity index (χ3n) is 4.35. The average molecular weight is 439 g/mol. The average Bonchev–Trinajstić information content (AvgIpc) is 3.09. The predicted molar refractivity (Wildman–Crippen MR) is 110 cm³/mol. The zero-order valence-corrected chi connectivity index (χ0v) is 16.8. The van der Waals surface area contributed by atoms with Gasteiger partial charge in [0.05, 0.1) is 17.4 Å². The summed E-state index contributed by atoms with van der Waals surface area (Å²) in [6.45, 7) is 0. The molecule has 146 valence electrons. The summed E-state index contributed by atoms with van der Waals surface area (Å²) in [5, 5.41) is 17.5. The van der Waals surface area contributed by atoms with Crippen LogP contribution >= 0.6 is 34.5 Å². The number of aliphatic carboxylic acids is 1. The number of carbonyl (C=O) groups excluding carboxylic acids is 2. The second kappa shape index (κ2) is 8.77. The van der Waals surface area contributed by atoms with Crippen LogP contribution in [0.25, 0.3) is 0 Å². The molecule has 0 spiro atoms. The molecule has 3 rings (SSSR count). The molecule has 0 saturated carbocycles. The molecule has 1 aromatic carbocycles. The van der Waals surface area contributed by atoms with Gasteiger partial charge in [-0.05, 0) is 42.5 Å². The van der Waals surface area contributed by atoms with E-state index in [1.165, 1.54) is 11.3 Å². The van der Waals surface area contributed by atoms with Gasteiger partial charge >= 0.3 is 5.97 Å². The molecule has 2 atom stereocenters. The lowest BCUT2D eigenvalue weighted by Crippen LogP contribution is -2.34. The lowest BCUT2D eigenvalue weighted by atomic mass is 9.82. The summed E-state index contributed by atoms with van der Waals surface area (Å²) in [4.78, 5) is 36.6. The lowest BCUT2D eigenvalue weighted by Gasteiger charge is -2.24. The molecule has 0 bridgehead atoms. The molecule has 0 aliphatic heterocycles. The van der Waals surface area contributed by atoms with Crippen LogP contribution in [0.4, 0.5) is 10.7 Å². The molecule has 1 aliphatic rings. The molecule has 6 nitrogen and oxygen atoms in total. The van der Waals surface area contributed by atoms with Crippen molar-refractivity contribution >= 4 is 63.0 Å². The number of allylic oxidation sites excluding steroid dienone is 2. The SMILES string of the molecule is O=C(Nc1cc(Cl)cc(Cl)c1)c1ccsc1NC(=O)[C@@H]1CC=CC[C@H]1C(=O)O. The topological polar surface area (TPSA) is 95.5 Å². The fourth-order valence-corrected chi connectivity index (χ4v) is 4.30. The molecule has 1 aromatic heterocycles. The molecular formula is C19H16Cl2N2O4S. The third kappa shape index (κ3) is 4.73. The van der Waals surface area contributed by atoms with E-state index in [2.05, 4.69) is 10.6 Å².